The number of aryl methyl sites for hydroxylation is 1. The number of hydrogen-bond donors (Lipinski definition) is 3. The molecular formula is C12H13FN4O2. The van der Waals surface area contributed by atoms with E-state index in [2.05, 4.69) is 10.4 Å². The van der Waals surface area contributed by atoms with Crippen LogP contribution < -0.4 is 11.1 Å². The van der Waals surface area contributed by atoms with Gasteiger partial charge in [-0.3, -0.25) is 4.68 Å². The van der Waals surface area contributed by atoms with Gasteiger partial charge in [-0.15, -0.1) is 0 Å². The van der Waals surface area contributed by atoms with Gasteiger partial charge in [-0.2, -0.15) is 5.10 Å². The van der Waals surface area contributed by atoms with E-state index in [0.29, 0.717) is 12.4 Å². The Kier molecular flexibility index (Phi) is 3.37. The van der Waals surface area contributed by atoms with Gasteiger partial charge in [-0.1, -0.05) is 0 Å². The van der Waals surface area contributed by atoms with Crippen molar-refractivity contribution in [3.63, 3.8) is 0 Å². The highest BCUT2D eigenvalue weighted by Crippen LogP contribution is 2.27. The highest BCUT2D eigenvalue weighted by molar-refractivity contribution is 6.00. The maximum atomic E-state index is 13.3. The molecule has 0 aliphatic carbocycles. The predicted octanol–water partition coefficient (Wildman–Crippen LogP) is 2.07. The van der Waals surface area contributed by atoms with E-state index in [1.165, 1.54) is 6.07 Å². The number of hydrogen-bond acceptors (Lipinski definition) is 4. The van der Waals surface area contributed by atoms with Crippen LogP contribution in [0.5, 0.6) is 0 Å². The van der Waals surface area contributed by atoms with Crippen LogP contribution in [-0.4, -0.2) is 20.9 Å². The van der Waals surface area contributed by atoms with E-state index < -0.39 is 17.5 Å². The zero-order valence-electron chi connectivity index (χ0n) is 10.2. The lowest BCUT2D eigenvalue weighted by atomic mass is 10.1. The number of benzene rings is 1. The summed E-state index contributed by atoms with van der Waals surface area (Å²) in [6.07, 6.45) is 1.75. The molecule has 2 aromatic rings. The predicted molar refractivity (Wildman–Crippen MR) is 69.0 cm³/mol. The molecule has 100 valence electrons. The molecule has 0 spiro atoms. The second-order valence-corrected chi connectivity index (χ2v) is 3.87. The molecule has 4 N–H and O–H groups in total. The minimum atomic E-state index is -1.30. The van der Waals surface area contributed by atoms with Crippen LogP contribution in [0.3, 0.4) is 0 Å². The van der Waals surface area contributed by atoms with Crippen molar-refractivity contribution in [3.05, 3.63) is 35.8 Å². The molecule has 7 heteroatoms. The zero-order valence-corrected chi connectivity index (χ0v) is 10.2. The van der Waals surface area contributed by atoms with Gasteiger partial charge in [0.05, 0.1) is 11.4 Å². The lowest BCUT2D eigenvalue weighted by Gasteiger charge is -2.10. The fourth-order valence-electron chi connectivity index (χ4n) is 1.67. The molecule has 0 unspecified atom stereocenters. The van der Waals surface area contributed by atoms with Crippen LogP contribution in [-0.2, 0) is 6.54 Å². The van der Waals surface area contributed by atoms with Gasteiger partial charge in [0.25, 0.3) is 0 Å². The quantitative estimate of drug-likeness (QED) is 0.735. The molecule has 0 aliphatic heterocycles. The second-order valence-electron chi connectivity index (χ2n) is 3.87. The average Bonchev–Trinajstić information content (AvgIpc) is 2.81. The zero-order chi connectivity index (χ0) is 14.0. The Labute approximate surface area is 108 Å². The van der Waals surface area contributed by atoms with Crippen LogP contribution >= 0.6 is 0 Å². The molecule has 0 radical (unpaired) electrons. The Morgan fingerprint density at radius 1 is 1.53 bits per heavy atom. The number of nitrogen functional groups attached to an aromatic ring is 1. The Morgan fingerprint density at radius 3 is 2.84 bits per heavy atom. The minimum Gasteiger partial charge on any atom is -0.478 e. The third-order valence-corrected chi connectivity index (χ3v) is 2.63. The van der Waals surface area contributed by atoms with Gasteiger partial charge in [0, 0.05) is 18.8 Å². The van der Waals surface area contributed by atoms with E-state index in [0.717, 1.165) is 6.07 Å². The number of carbonyl (C=O) groups is 1. The van der Waals surface area contributed by atoms with E-state index in [4.69, 9.17) is 10.8 Å². The lowest BCUT2D eigenvalue weighted by Crippen LogP contribution is -2.09. The Hall–Kier alpha value is -2.57. The first-order valence-corrected chi connectivity index (χ1v) is 5.64. The SMILES string of the molecule is CCn1ccc(Nc2ccc(F)c(N)c2C(=O)O)n1. The number of carboxylic acids is 1. The van der Waals surface area contributed by atoms with Crippen LogP contribution in [0.4, 0.5) is 21.6 Å². The van der Waals surface area contributed by atoms with Crippen molar-refractivity contribution in [1.82, 2.24) is 9.78 Å². The van der Waals surface area contributed by atoms with Crippen molar-refractivity contribution < 1.29 is 14.3 Å². The summed E-state index contributed by atoms with van der Waals surface area (Å²) in [6.45, 7) is 2.62. The molecule has 1 heterocycles. The van der Waals surface area contributed by atoms with Crippen LogP contribution in [0.2, 0.25) is 0 Å². The lowest BCUT2D eigenvalue weighted by molar-refractivity contribution is 0.0698. The van der Waals surface area contributed by atoms with Gasteiger partial charge in [0.2, 0.25) is 0 Å². The maximum Gasteiger partial charge on any atom is 0.340 e. The van der Waals surface area contributed by atoms with Gasteiger partial charge in [0.15, 0.2) is 5.82 Å². The highest BCUT2D eigenvalue weighted by atomic mass is 19.1. The highest BCUT2D eigenvalue weighted by Gasteiger charge is 2.18. The third kappa shape index (κ3) is 2.49. The summed E-state index contributed by atoms with van der Waals surface area (Å²) in [5.41, 5.74) is 4.95. The normalized spacial score (nSPS) is 10.4. The number of anilines is 3. The number of rotatable bonds is 4. The molecule has 0 fully saturated rings. The van der Waals surface area contributed by atoms with Crippen molar-refractivity contribution in [2.75, 3.05) is 11.1 Å². The summed E-state index contributed by atoms with van der Waals surface area (Å²) < 4.78 is 15.0. The summed E-state index contributed by atoms with van der Waals surface area (Å²) in [7, 11) is 0. The number of nitrogens with one attached hydrogen (secondary N) is 1. The number of nitrogens with two attached hydrogens (primary N) is 1. The number of carboxylic acid groups (broad SMARTS) is 1. The first-order chi connectivity index (χ1) is 9.02. The molecule has 1 aromatic carbocycles. The minimum absolute atomic E-state index is 0.202. The largest absolute Gasteiger partial charge is 0.478 e. The molecule has 19 heavy (non-hydrogen) atoms. The summed E-state index contributed by atoms with van der Waals surface area (Å²) in [5.74, 6) is -1.59. The molecule has 6 nitrogen and oxygen atoms in total. The molecule has 0 bridgehead atoms. The maximum absolute atomic E-state index is 13.3. The monoisotopic (exact) mass is 264 g/mol. The number of nitrogens with zero attached hydrogens (tertiary/aromatic N) is 2. The molecule has 0 amide bonds. The van der Waals surface area contributed by atoms with Gasteiger partial charge in [-0.05, 0) is 19.1 Å². The van der Waals surface area contributed by atoms with Gasteiger partial charge in [-0.25, -0.2) is 9.18 Å². The van der Waals surface area contributed by atoms with E-state index >= 15 is 0 Å². The van der Waals surface area contributed by atoms with Gasteiger partial charge >= 0.3 is 5.97 Å². The summed E-state index contributed by atoms with van der Waals surface area (Å²) >= 11 is 0. The van der Waals surface area contributed by atoms with Crippen molar-refractivity contribution in [2.24, 2.45) is 0 Å². The molecule has 2 rings (SSSR count). The summed E-state index contributed by atoms with van der Waals surface area (Å²) in [5, 5.41) is 16.1. The van der Waals surface area contributed by atoms with Crippen molar-refractivity contribution in [1.29, 1.82) is 0 Å². The Bertz CT molecular complexity index is 624. The summed E-state index contributed by atoms with van der Waals surface area (Å²) in [4.78, 5) is 11.1. The van der Waals surface area contributed by atoms with Crippen molar-refractivity contribution >= 4 is 23.2 Å². The summed E-state index contributed by atoms with van der Waals surface area (Å²) in [6, 6.07) is 4.12. The Balaban J connectivity index is 2.39. The van der Waals surface area contributed by atoms with Crippen LogP contribution in [0.15, 0.2) is 24.4 Å². The van der Waals surface area contributed by atoms with E-state index in [9.17, 15) is 9.18 Å². The fourth-order valence-corrected chi connectivity index (χ4v) is 1.67. The van der Waals surface area contributed by atoms with Crippen LogP contribution in [0, 0.1) is 5.82 Å². The average molecular weight is 264 g/mol. The van der Waals surface area contributed by atoms with Gasteiger partial charge in [0.1, 0.15) is 11.4 Å². The standard InChI is InChI=1S/C12H13FN4O2/c1-2-17-6-5-9(16-17)15-8-4-3-7(13)11(14)10(8)12(18)19/h3-6H,2,14H2,1H3,(H,15,16)(H,18,19). The molecular weight excluding hydrogens is 251 g/mol. The van der Waals surface area contributed by atoms with Crippen LogP contribution in [0.25, 0.3) is 0 Å². The van der Waals surface area contributed by atoms with Crippen molar-refractivity contribution in [3.8, 4) is 0 Å². The second kappa shape index (κ2) is 4.97. The molecule has 0 aliphatic rings. The van der Waals surface area contributed by atoms with Crippen LogP contribution in [0.1, 0.15) is 17.3 Å². The number of halogens is 1. The van der Waals surface area contributed by atoms with E-state index in [1.54, 1.807) is 16.9 Å². The topological polar surface area (TPSA) is 93.2 Å². The molecule has 0 saturated carbocycles. The smallest absolute Gasteiger partial charge is 0.340 e. The first-order valence-electron chi connectivity index (χ1n) is 5.64. The molecule has 0 saturated heterocycles. The number of aromatic carboxylic acids is 1. The number of aromatic nitrogens is 2. The van der Waals surface area contributed by atoms with Gasteiger partial charge < -0.3 is 16.2 Å². The third-order valence-electron chi connectivity index (χ3n) is 2.63. The fraction of sp³-hybridized carbons (Fsp3) is 0.167. The van der Waals surface area contributed by atoms with E-state index in [-0.39, 0.29) is 11.3 Å². The molecule has 0 atom stereocenters. The van der Waals surface area contributed by atoms with Crippen molar-refractivity contribution in [2.45, 2.75) is 13.5 Å². The van der Waals surface area contributed by atoms with E-state index in [1.807, 2.05) is 6.92 Å². The molecule has 1 aromatic heterocycles. The Morgan fingerprint density at radius 2 is 2.26 bits per heavy atom. The first kappa shape index (κ1) is 12.9.